The van der Waals surface area contributed by atoms with Crippen LogP contribution in [0.4, 0.5) is 0 Å². The van der Waals surface area contributed by atoms with E-state index in [0.717, 1.165) is 5.56 Å². The molecule has 0 saturated carbocycles. The second-order valence-electron chi connectivity index (χ2n) is 3.20. The van der Waals surface area contributed by atoms with Crippen molar-refractivity contribution >= 4 is 12.6 Å². The van der Waals surface area contributed by atoms with E-state index in [4.69, 9.17) is 19.9 Å². The van der Waals surface area contributed by atoms with Crippen molar-refractivity contribution < 1.29 is 14.2 Å². The minimum atomic E-state index is -0.0882. The van der Waals surface area contributed by atoms with Crippen LogP contribution in [0.15, 0.2) is 12.1 Å². The van der Waals surface area contributed by atoms with Gasteiger partial charge in [0.15, 0.2) is 11.5 Å². The Hall–Kier alpha value is -1.07. The maximum atomic E-state index is 5.59. The zero-order chi connectivity index (χ0) is 12.1. The van der Waals surface area contributed by atoms with Gasteiger partial charge in [-0.3, -0.25) is 0 Å². The summed E-state index contributed by atoms with van der Waals surface area (Å²) in [6.45, 7) is 0.426. The molecule has 0 aliphatic rings. The number of hydrogen-bond acceptors (Lipinski definition) is 5. The summed E-state index contributed by atoms with van der Waals surface area (Å²) >= 11 is 4.39. The van der Waals surface area contributed by atoms with Crippen LogP contribution in [-0.4, -0.2) is 27.9 Å². The molecule has 90 valence electrons. The number of thiol groups is 1. The van der Waals surface area contributed by atoms with Gasteiger partial charge < -0.3 is 19.9 Å². The van der Waals surface area contributed by atoms with Gasteiger partial charge in [0.05, 0.1) is 21.3 Å². The summed E-state index contributed by atoms with van der Waals surface area (Å²) in [4.78, 5) is 0. The van der Waals surface area contributed by atoms with Gasteiger partial charge in [-0.1, -0.05) is 0 Å². The maximum Gasteiger partial charge on any atom is 0.164 e. The molecule has 1 aromatic carbocycles. The Balaban J connectivity index is 3.25. The molecule has 0 aliphatic carbocycles. The van der Waals surface area contributed by atoms with Gasteiger partial charge in [-0.2, -0.15) is 12.6 Å². The number of benzene rings is 1. The van der Waals surface area contributed by atoms with Crippen LogP contribution in [0.5, 0.6) is 17.2 Å². The molecule has 1 unspecified atom stereocenters. The lowest BCUT2D eigenvalue weighted by atomic mass is 10.1. The highest BCUT2D eigenvalue weighted by molar-refractivity contribution is 7.80. The van der Waals surface area contributed by atoms with E-state index in [1.165, 1.54) is 0 Å². The van der Waals surface area contributed by atoms with Crippen LogP contribution >= 0.6 is 12.6 Å². The van der Waals surface area contributed by atoms with Crippen LogP contribution in [0.3, 0.4) is 0 Å². The highest BCUT2D eigenvalue weighted by Crippen LogP contribution is 2.38. The highest BCUT2D eigenvalue weighted by atomic mass is 32.1. The molecule has 1 rings (SSSR count). The van der Waals surface area contributed by atoms with E-state index in [1.54, 1.807) is 27.4 Å². The molecule has 1 atom stereocenters. The molecular formula is C11H17NO3S. The molecule has 0 bridgehead atoms. The minimum Gasteiger partial charge on any atom is -0.496 e. The van der Waals surface area contributed by atoms with Crippen molar-refractivity contribution in [3.63, 3.8) is 0 Å². The molecule has 16 heavy (non-hydrogen) atoms. The second-order valence-corrected chi connectivity index (χ2v) is 3.82. The first kappa shape index (κ1) is 13.0. The van der Waals surface area contributed by atoms with Gasteiger partial charge >= 0.3 is 0 Å². The Morgan fingerprint density at radius 1 is 1.06 bits per heavy atom. The van der Waals surface area contributed by atoms with Crippen LogP contribution in [0.25, 0.3) is 0 Å². The Morgan fingerprint density at radius 3 is 2.00 bits per heavy atom. The van der Waals surface area contributed by atoms with Gasteiger partial charge in [-0.05, 0) is 6.07 Å². The molecule has 2 N–H and O–H groups in total. The Kier molecular flexibility index (Phi) is 4.76. The van der Waals surface area contributed by atoms with Gasteiger partial charge in [0.2, 0.25) is 0 Å². The zero-order valence-electron chi connectivity index (χ0n) is 9.69. The summed E-state index contributed by atoms with van der Waals surface area (Å²) in [5.74, 6) is 1.97. The standard InChI is InChI=1S/C11H17NO3S/c1-13-8-5-10(15-3)9(14-2)4-7(8)11(16)6-12/h4-5,11,16H,6,12H2,1-3H3. The molecular weight excluding hydrogens is 226 g/mol. The van der Waals surface area contributed by atoms with Crippen molar-refractivity contribution in [2.24, 2.45) is 5.73 Å². The van der Waals surface area contributed by atoms with Gasteiger partial charge in [-0.15, -0.1) is 0 Å². The SMILES string of the molecule is COc1cc(OC)c(C(S)CN)cc1OC. The van der Waals surface area contributed by atoms with Crippen molar-refractivity contribution in [3.05, 3.63) is 17.7 Å². The molecule has 0 fully saturated rings. The van der Waals surface area contributed by atoms with Crippen molar-refractivity contribution in [1.29, 1.82) is 0 Å². The smallest absolute Gasteiger partial charge is 0.164 e. The first-order valence-electron chi connectivity index (χ1n) is 4.86. The Labute approximate surface area is 101 Å². The fourth-order valence-corrected chi connectivity index (χ4v) is 1.64. The highest BCUT2D eigenvalue weighted by Gasteiger charge is 2.16. The van der Waals surface area contributed by atoms with E-state index >= 15 is 0 Å². The summed E-state index contributed by atoms with van der Waals surface area (Å²) in [6, 6.07) is 3.61. The molecule has 0 spiro atoms. The van der Waals surface area contributed by atoms with Crippen molar-refractivity contribution in [3.8, 4) is 17.2 Å². The van der Waals surface area contributed by atoms with E-state index in [1.807, 2.05) is 6.07 Å². The summed E-state index contributed by atoms with van der Waals surface area (Å²) < 4.78 is 15.7. The van der Waals surface area contributed by atoms with E-state index in [2.05, 4.69) is 12.6 Å². The second kappa shape index (κ2) is 5.86. The van der Waals surface area contributed by atoms with Crippen molar-refractivity contribution in [1.82, 2.24) is 0 Å². The number of nitrogens with two attached hydrogens (primary N) is 1. The molecule has 5 heteroatoms. The molecule has 0 saturated heterocycles. The topological polar surface area (TPSA) is 53.7 Å². The third-order valence-electron chi connectivity index (χ3n) is 2.32. The Bertz CT molecular complexity index is 357. The van der Waals surface area contributed by atoms with Crippen LogP contribution in [-0.2, 0) is 0 Å². The minimum absolute atomic E-state index is 0.0882. The quantitative estimate of drug-likeness (QED) is 0.772. The monoisotopic (exact) mass is 243 g/mol. The first-order chi connectivity index (χ1) is 7.67. The molecule has 0 amide bonds. The normalized spacial score (nSPS) is 12.1. The van der Waals surface area contributed by atoms with Crippen LogP contribution < -0.4 is 19.9 Å². The third-order valence-corrected chi connectivity index (χ3v) is 2.81. The predicted molar refractivity (Wildman–Crippen MR) is 66.9 cm³/mol. The number of methoxy groups -OCH3 is 3. The number of rotatable bonds is 5. The first-order valence-corrected chi connectivity index (χ1v) is 5.37. The molecule has 0 heterocycles. The zero-order valence-corrected chi connectivity index (χ0v) is 10.6. The lowest BCUT2D eigenvalue weighted by Gasteiger charge is -2.16. The molecule has 0 aromatic heterocycles. The van der Waals surface area contributed by atoms with E-state index in [-0.39, 0.29) is 5.25 Å². The van der Waals surface area contributed by atoms with Crippen LogP contribution in [0.2, 0.25) is 0 Å². The Morgan fingerprint density at radius 2 is 1.56 bits per heavy atom. The molecule has 4 nitrogen and oxygen atoms in total. The average Bonchev–Trinajstić information content (AvgIpc) is 2.35. The van der Waals surface area contributed by atoms with Crippen LogP contribution in [0, 0.1) is 0 Å². The van der Waals surface area contributed by atoms with E-state index in [9.17, 15) is 0 Å². The maximum absolute atomic E-state index is 5.59. The number of hydrogen-bond donors (Lipinski definition) is 2. The summed E-state index contributed by atoms with van der Waals surface area (Å²) in [5.41, 5.74) is 6.48. The number of ether oxygens (including phenoxy) is 3. The van der Waals surface area contributed by atoms with Crippen molar-refractivity contribution in [2.45, 2.75) is 5.25 Å². The van der Waals surface area contributed by atoms with Gasteiger partial charge in [0.25, 0.3) is 0 Å². The fourth-order valence-electron chi connectivity index (χ4n) is 1.44. The van der Waals surface area contributed by atoms with Crippen molar-refractivity contribution in [2.75, 3.05) is 27.9 Å². The molecule has 0 radical (unpaired) electrons. The van der Waals surface area contributed by atoms with E-state index in [0.29, 0.717) is 23.8 Å². The van der Waals surface area contributed by atoms with Crippen LogP contribution in [0.1, 0.15) is 10.8 Å². The van der Waals surface area contributed by atoms with E-state index < -0.39 is 0 Å². The van der Waals surface area contributed by atoms with Gasteiger partial charge in [0.1, 0.15) is 5.75 Å². The van der Waals surface area contributed by atoms with Gasteiger partial charge in [0, 0.05) is 23.4 Å². The summed E-state index contributed by atoms with van der Waals surface area (Å²) in [5, 5.41) is -0.0882. The fraction of sp³-hybridized carbons (Fsp3) is 0.455. The summed E-state index contributed by atoms with van der Waals surface area (Å²) in [7, 11) is 4.77. The summed E-state index contributed by atoms with van der Waals surface area (Å²) in [6.07, 6.45) is 0. The molecule has 1 aromatic rings. The largest absolute Gasteiger partial charge is 0.496 e. The average molecular weight is 243 g/mol. The lowest BCUT2D eigenvalue weighted by Crippen LogP contribution is -2.08. The lowest BCUT2D eigenvalue weighted by molar-refractivity contribution is 0.347. The van der Waals surface area contributed by atoms with Gasteiger partial charge in [-0.25, -0.2) is 0 Å². The third kappa shape index (κ3) is 2.54. The predicted octanol–water partition coefficient (Wildman–Crippen LogP) is 1.64. The molecule has 0 aliphatic heterocycles.